The van der Waals surface area contributed by atoms with Gasteiger partial charge in [0.25, 0.3) is 0 Å². The van der Waals surface area contributed by atoms with Crippen molar-refractivity contribution >= 4 is 34.8 Å². The standard InChI is InChI=1S/C28H42N6S/c1-6-19-10-9-12-22(18(2)3)25(19)32-28(35)30-21-16-14-20(15-17-21)29-27-31-24-13-8-7-11-23(24)26(33-27)34(4)5/h9-10,12,18,20-21H,6-8,11,13-17H2,1-5H3,(H,29,31,33)(H2,30,32,35)/t20-,21+. The highest BCUT2D eigenvalue weighted by atomic mass is 32.1. The van der Waals surface area contributed by atoms with E-state index < -0.39 is 0 Å². The second-order valence-electron chi connectivity index (χ2n) is 10.6. The summed E-state index contributed by atoms with van der Waals surface area (Å²) in [6, 6.07) is 7.34. The van der Waals surface area contributed by atoms with Crippen LogP contribution in [-0.4, -0.2) is 41.3 Å². The van der Waals surface area contributed by atoms with Gasteiger partial charge in [-0.15, -0.1) is 0 Å². The minimum Gasteiger partial charge on any atom is -0.362 e. The van der Waals surface area contributed by atoms with Crippen LogP contribution in [-0.2, 0) is 19.3 Å². The third-order valence-electron chi connectivity index (χ3n) is 7.40. The topological polar surface area (TPSA) is 65.1 Å². The van der Waals surface area contributed by atoms with E-state index in [-0.39, 0.29) is 0 Å². The van der Waals surface area contributed by atoms with Crippen LogP contribution in [0.3, 0.4) is 0 Å². The van der Waals surface area contributed by atoms with Crippen LogP contribution < -0.4 is 20.9 Å². The van der Waals surface area contributed by atoms with E-state index in [0.717, 1.165) is 61.8 Å². The quantitative estimate of drug-likeness (QED) is 0.419. The summed E-state index contributed by atoms with van der Waals surface area (Å²) in [6.07, 6.45) is 9.94. The lowest BCUT2D eigenvalue weighted by Crippen LogP contribution is -2.42. The van der Waals surface area contributed by atoms with Crippen molar-refractivity contribution in [3.05, 3.63) is 40.6 Å². The Kier molecular flexibility index (Phi) is 8.47. The van der Waals surface area contributed by atoms with Gasteiger partial charge >= 0.3 is 0 Å². The number of nitrogens with one attached hydrogen (secondary N) is 3. The molecule has 1 aromatic carbocycles. The lowest BCUT2D eigenvalue weighted by Gasteiger charge is -2.31. The zero-order valence-corrected chi connectivity index (χ0v) is 22.9. The van der Waals surface area contributed by atoms with Crippen LogP contribution in [0.25, 0.3) is 0 Å². The molecule has 6 nitrogen and oxygen atoms in total. The molecule has 2 aliphatic rings. The maximum absolute atomic E-state index is 5.74. The predicted octanol–water partition coefficient (Wildman–Crippen LogP) is 5.82. The normalized spacial score (nSPS) is 19.7. The van der Waals surface area contributed by atoms with E-state index in [1.54, 1.807) is 0 Å². The van der Waals surface area contributed by atoms with Crippen LogP contribution in [0.15, 0.2) is 18.2 Å². The molecule has 4 rings (SSSR count). The van der Waals surface area contributed by atoms with E-state index in [1.807, 2.05) is 0 Å². The van der Waals surface area contributed by atoms with Crippen molar-refractivity contribution in [2.45, 2.75) is 96.6 Å². The number of fused-ring (bicyclic) bond motifs is 1. The molecule has 0 spiro atoms. The van der Waals surface area contributed by atoms with E-state index in [1.165, 1.54) is 40.9 Å². The number of aromatic nitrogens is 2. The average molecular weight is 495 g/mol. The van der Waals surface area contributed by atoms with Gasteiger partial charge in [-0.1, -0.05) is 39.0 Å². The van der Waals surface area contributed by atoms with Crippen molar-refractivity contribution in [3.8, 4) is 0 Å². The lowest BCUT2D eigenvalue weighted by molar-refractivity contribution is 0.387. The summed E-state index contributed by atoms with van der Waals surface area (Å²) >= 11 is 5.74. The molecular formula is C28H42N6S. The van der Waals surface area contributed by atoms with Crippen molar-refractivity contribution in [1.29, 1.82) is 0 Å². The molecule has 7 heteroatoms. The Balaban J connectivity index is 1.33. The minimum absolute atomic E-state index is 0.395. The molecule has 0 unspecified atom stereocenters. The first-order valence-corrected chi connectivity index (χ1v) is 13.8. The minimum atomic E-state index is 0.395. The Morgan fingerprint density at radius 1 is 1.06 bits per heavy atom. The monoisotopic (exact) mass is 494 g/mol. The second-order valence-corrected chi connectivity index (χ2v) is 11.0. The molecule has 0 amide bonds. The summed E-state index contributed by atoms with van der Waals surface area (Å²) in [4.78, 5) is 11.9. The van der Waals surface area contributed by atoms with Crippen LogP contribution in [0.5, 0.6) is 0 Å². The number of para-hydroxylation sites is 1. The fraction of sp³-hybridized carbons (Fsp3) is 0.607. The van der Waals surface area contributed by atoms with Gasteiger partial charge in [0.15, 0.2) is 5.11 Å². The van der Waals surface area contributed by atoms with Gasteiger partial charge in [-0.25, -0.2) is 4.98 Å². The van der Waals surface area contributed by atoms with E-state index >= 15 is 0 Å². The third-order valence-corrected chi connectivity index (χ3v) is 7.62. The highest BCUT2D eigenvalue weighted by Gasteiger charge is 2.24. The maximum Gasteiger partial charge on any atom is 0.225 e. The summed E-state index contributed by atoms with van der Waals surface area (Å²) < 4.78 is 0. The number of aryl methyl sites for hydroxylation is 2. The zero-order valence-electron chi connectivity index (χ0n) is 22.1. The van der Waals surface area contributed by atoms with Crippen LogP contribution in [0.1, 0.15) is 87.6 Å². The van der Waals surface area contributed by atoms with E-state index in [4.69, 9.17) is 22.2 Å². The Bertz CT molecular complexity index is 1030. The molecule has 1 aromatic heterocycles. The van der Waals surface area contributed by atoms with Crippen LogP contribution in [0.4, 0.5) is 17.5 Å². The summed E-state index contributed by atoms with van der Waals surface area (Å²) in [5, 5.41) is 11.5. The zero-order chi connectivity index (χ0) is 24.9. The van der Waals surface area contributed by atoms with Gasteiger partial charge in [0, 0.05) is 37.4 Å². The summed E-state index contributed by atoms with van der Waals surface area (Å²) in [6.45, 7) is 6.67. The first-order valence-electron chi connectivity index (χ1n) is 13.4. The maximum atomic E-state index is 5.74. The van der Waals surface area contributed by atoms with Gasteiger partial charge in [-0.05, 0) is 87.1 Å². The Labute approximate surface area is 216 Å². The second kappa shape index (κ2) is 11.5. The average Bonchev–Trinajstić information content (AvgIpc) is 2.84. The van der Waals surface area contributed by atoms with Gasteiger partial charge in [0.1, 0.15) is 5.82 Å². The lowest BCUT2D eigenvalue weighted by atomic mass is 9.91. The summed E-state index contributed by atoms with van der Waals surface area (Å²) in [5.74, 6) is 2.32. The molecule has 1 saturated carbocycles. The highest BCUT2D eigenvalue weighted by molar-refractivity contribution is 7.80. The highest BCUT2D eigenvalue weighted by Crippen LogP contribution is 2.30. The van der Waals surface area contributed by atoms with Gasteiger partial charge in [0.05, 0.1) is 5.69 Å². The van der Waals surface area contributed by atoms with Crippen LogP contribution >= 0.6 is 12.2 Å². The SMILES string of the molecule is CCc1cccc(C(C)C)c1NC(=S)N[C@H]1CC[C@@H](Nc2nc3c(c(N(C)C)n2)CCCC3)CC1. The molecule has 0 atom stereocenters. The molecular weight excluding hydrogens is 452 g/mol. The number of thiocarbonyl (C=S) groups is 1. The molecule has 0 radical (unpaired) electrons. The Morgan fingerprint density at radius 3 is 2.46 bits per heavy atom. The Morgan fingerprint density at radius 2 is 1.77 bits per heavy atom. The number of hydrogen-bond donors (Lipinski definition) is 3. The van der Waals surface area contributed by atoms with E-state index in [0.29, 0.717) is 18.0 Å². The molecule has 2 aliphatic carbocycles. The number of rotatable bonds is 7. The predicted molar refractivity (Wildman–Crippen MR) is 152 cm³/mol. The molecule has 35 heavy (non-hydrogen) atoms. The van der Waals surface area contributed by atoms with Gasteiger partial charge in [-0.3, -0.25) is 0 Å². The fourth-order valence-corrected chi connectivity index (χ4v) is 5.73. The summed E-state index contributed by atoms with van der Waals surface area (Å²) in [5.41, 5.74) is 6.39. The molecule has 0 bridgehead atoms. The number of benzene rings is 1. The van der Waals surface area contributed by atoms with Crippen molar-refractivity contribution in [2.75, 3.05) is 29.6 Å². The van der Waals surface area contributed by atoms with E-state index in [2.05, 4.69) is 73.9 Å². The molecule has 3 N–H and O–H groups in total. The number of anilines is 3. The van der Waals surface area contributed by atoms with Crippen molar-refractivity contribution in [3.63, 3.8) is 0 Å². The molecule has 2 aromatic rings. The molecule has 0 aliphatic heterocycles. The smallest absolute Gasteiger partial charge is 0.225 e. The molecule has 190 valence electrons. The van der Waals surface area contributed by atoms with Crippen LogP contribution in [0.2, 0.25) is 0 Å². The fourth-order valence-electron chi connectivity index (χ4n) is 5.46. The first-order chi connectivity index (χ1) is 16.9. The van der Waals surface area contributed by atoms with Crippen molar-refractivity contribution in [1.82, 2.24) is 15.3 Å². The third kappa shape index (κ3) is 6.24. The van der Waals surface area contributed by atoms with Gasteiger partial charge in [-0.2, -0.15) is 4.98 Å². The van der Waals surface area contributed by atoms with E-state index in [9.17, 15) is 0 Å². The number of hydrogen-bond acceptors (Lipinski definition) is 5. The van der Waals surface area contributed by atoms with Gasteiger partial charge < -0.3 is 20.9 Å². The van der Waals surface area contributed by atoms with Crippen molar-refractivity contribution in [2.24, 2.45) is 0 Å². The molecule has 1 fully saturated rings. The molecule has 1 heterocycles. The van der Waals surface area contributed by atoms with Crippen LogP contribution in [0, 0.1) is 0 Å². The largest absolute Gasteiger partial charge is 0.362 e. The van der Waals surface area contributed by atoms with Gasteiger partial charge in [0.2, 0.25) is 5.95 Å². The summed E-state index contributed by atoms with van der Waals surface area (Å²) in [7, 11) is 4.16. The number of nitrogens with zero attached hydrogens (tertiary/aromatic N) is 3. The Hall–Kier alpha value is -2.41. The van der Waals surface area contributed by atoms with Crippen molar-refractivity contribution < 1.29 is 0 Å². The molecule has 0 saturated heterocycles. The first kappa shape index (κ1) is 25.7.